The van der Waals surface area contributed by atoms with Crippen molar-refractivity contribution >= 4 is 11.6 Å². The summed E-state index contributed by atoms with van der Waals surface area (Å²) >= 11 is 0. The van der Waals surface area contributed by atoms with Crippen LogP contribution < -0.4 is 20.9 Å². The molecule has 2 aromatic carbocycles. The number of nitrogens with two attached hydrogens (primary N) is 2. The zero-order valence-corrected chi connectivity index (χ0v) is 11.3. The largest absolute Gasteiger partial charge is 0.497 e. The highest BCUT2D eigenvalue weighted by Gasteiger charge is 2.12. The minimum atomic E-state index is -0.638. The number of hydrogen-bond acceptors (Lipinski definition) is 5. The van der Waals surface area contributed by atoms with E-state index in [0.717, 1.165) is 0 Å². The van der Waals surface area contributed by atoms with Crippen molar-refractivity contribution in [2.45, 2.75) is 0 Å². The molecule has 6 heteroatoms. The average molecular weight is 283 g/mol. The van der Waals surface area contributed by atoms with Crippen LogP contribution >= 0.6 is 0 Å². The summed E-state index contributed by atoms with van der Waals surface area (Å²) in [7, 11) is 1.49. The monoisotopic (exact) mass is 283 g/mol. The second-order valence-electron chi connectivity index (χ2n) is 4.19. The number of methoxy groups -OCH3 is 1. The lowest BCUT2D eigenvalue weighted by Gasteiger charge is -2.11. The maximum Gasteiger partial charge on any atom is 0.250 e. The molecular weight excluding hydrogens is 270 g/mol. The van der Waals surface area contributed by atoms with Crippen LogP contribution in [0.25, 0.3) is 0 Å². The zero-order valence-electron chi connectivity index (χ0n) is 11.3. The molecule has 0 fully saturated rings. The number of benzene rings is 2. The van der Waals surface area contributed by atoms with Gasteiger partial charge in [0, 0.05) is 6.07 Å². The van der Waals surface area contributed by atoms with E-state index >= 15 is 0 Å². The van der Waals surface area contributed by atoms with E-state index in [1.54, 1.807) is 30.3 Å². The lowest BCUT2D eigenvalue weighted by Crippen LogP contribution is -2.13. The molecule has 0 aliphatic carbocycles. The SMILES string of the molecule is COc1cc(C#N)cc(Oc2cccc(C(N)=O)c2N)c1. The molecule has 0 unspecified atom stereocenters. The van der Waals surface area contributed by atoms with Gasteiger partial charge in [0.15, 0.2) is 5.75 Å². The van der Waals surface area contributed by atoms with Crippen molar-refractivity contribution in [3.05, 3.63) is 47.5 Å². The summed E-state index contributed by atoms with van der Waals surface area (Å²) in [4.78, 5) is 11.3. The summed E-state index contributed by atoms with van der Waals surface area (Å²) in [5.74, 6) is 0.498. The second-order valence-corrected chi connectivity index (χ2v) is 4.19. The van der Waals surface area contributed by atoms with Crippen LogP contribution in [0.1, 0.15) is 15.9 Å². The minimum absolute atomic E-state index is 0.145. The molecule has 0 aliphatic heterocycles. The smallest absolute Gasteiger partial charge is 0.250 e. The van der Waals surface area contributed by atoms with Crippen LogP contribution in [0, 0.1) is 11.3 Å². The van der Waals surface area contributed by atoms with E-state index in [1.165, 1.54) is 13.2 Å². The van der Waals surface area contributed by atoms with Crippen LogP contribution in [0.3, 0.4) is 0 Å². The number of primary amides is 1. The number of amides is 1. The normalized spacial score (nSPS) is 9.71. The molecule has 0 aliphatic rings. The van der Waals surface area contributed by atoms with Crippen molar-refractivity contribution in [2.24, 2.45) is 5.73 Å². The summed E-state index contributed by atoms with van der Waals surface area (Å²) in [6.45, 7) is 0. The molecule has 2 aromatic rings. The van der Waals surface area contributed by atoms with Crippen LogP contribution in [0.15, 0.2) is 36.4 Å². The fourth-order valence-electron chi connectivity index (χ4n) is 1.79. The Kier molecular flexibility index (Phi) is 3.95. The number of nitrogens with zero attached hydrogens (tertiary/aromatic N) is 1. The van der Waals surface area contributed by atoms with Crippen LogP contribution in [-0.4, -0.2) is 13.0 Å². The molecule has 0 spiro atoms. The van der Waals surface area contributed by atoms with Gasteiger partial charge in [0.05, 0.1) is 30.0 Å². The van der Waals surface area contributed by atoms with E-state index in [4.69, 9.17) is 26.2 Å². The molecular formula is C15H13N3O3. The number of hydrogen-bond donors (Lipinski definition) is 2. The zero-order chi connectivity index (χ0) is 15.4. The van der Waals surface area contributed by atoms with Crippen LogP contribution in [0.4, 0.5) is 5.69 Å². The number of anilines is 1. The molecule has 1 amide bonds. The van der Waals surface area contributed by atoms with Crippen molar-refractivity contribution in [3.63, 3.8) is 0 Å². The predicted molar refractivity (Wildman–Crippen MR) is 77.2 cm³/mol. The number of carbonyl (C=O) groups is 1. The summed E-state index contributed by atoms with van der Waals surface area (Å²) < 4.78 is 10.7. The maximum absolute atomic E-state index is 11.3. The van der Waals surface area contributed by atoms with Crippen LogP contribution in [0.5, 0.6) is 17.2 Å². The van der Waals surface area contributed by atoms with Crippen molar-refractivity contribution < 1.29 is 14.3 Å². The second kappa shape index (κ2) is 5.84. The van der Waals surface area contributed by atoms with Crippen molar-refractivity contribution in [3.8, 4) is 23.3 Å². The van der Waals surface area contributed by atoms with Crippen LogP contribution in [0.2, 0.25) is 0 Å². The lowest BCUT2D eigenvalue weighted by molar-refractivity contribution is 0.100. The van der Waals surface area contributed by atoms with Gasteiger partial charge < -0.3 is 20.9 Å². The number of para-hydroxylation sites is 1. The number of carbonyl (C=O) groups excluding carboxylic acids is 1. The molecule has 21 heavy (non-hydrogen) atoms. The van der Waals surface area contributed by atoms with Gasteiger partial charge in [-0.25, -0.2) is 0 Å². The van der Waals surface area contributed by atoms with E-state index in [2.05, 4.69) is 0 Å². The number of nitrogen functional groups attached to an aromatic ring is 1. The molecule has 0 aromatic heterocycles. The summed E-state index contributed by atoms with van der Waals surface area (Å²) in [6.07, 6.45) is 0. The van der Waals surface area contributed by atoms with E-state index in [9.17, 15) is 4.79 Å². The van der Waals surface area contributed by atoms with E-state index in [-0.39, 0.29) is 17.0 Å². The highest BCUT2D eigenvalue weighted by Crippen LogP contribution is 2.32. The highest BCUT2D eigenvalue weighted by molar-refractivity contribution is 5.99. The Labute approximate surface area is 121 Å². The molecule has 2 rings (SSSR count). The quantitative estimate of drug-likeness (QED) is 0.834. The van der Waals surface area contributed by atoms with E-state index in [1.807, 2.05) is 6.07 Å². The average Bonchev–Trinajstić information content (AvgIpc) is 2.48. The maximum atomic E-state index is 11.3. The molecule has 0 saturated heterocycles. The molecule has 6 nitrogen and oxygen atoms in total. The number of rotatable bonds is 4. The minimum Gasteiger partial charge on any atom is -0.497 e. The first kappa shape index (κ1) is 14.2. The Hall–Kier alpha value is -3.20. The van der Waals surface area contributed by atoms with Gasteiger partial charge in [-0.2, -0.15) is 5.26 Å². The summed E-state index contributed by atoms with van der Waals surface area (Å²) in [5, 5.41) is 8.97. The summed E-state index contributed by atoms with van der Waals surface area (Å²) in [5.41, 5.74) is 11.8. The molecule has 106 valence electrons. The molecule has 0 radical (unpaired) electrons. The number of nitriles is 1. The predicted octanol–water partition coefficient (Wildman–Crippen LogP) is 2.04. The first-order valence-corrected chi connectivity index (χ1v) is 6.00. The molecule has 0 saturated carbocycles. The first-order valence-electron chi connectivity index (χ1n) is 6.00. The Bertz CT molecular complexity index is 735. The van der Waals surface area contributed by atoms with Gasteiger partial charge in [-0.05, 0) is 24.3 Å². The van der Waals surface area contributed by atoms with Gasteiger partial charge in [0.2, 0.25) is 0 Å². The molecule has 0 bridgehead atoms. The van der Waals surface area contributed by atoms with Gasteiger partial charge in [-0.3, -0.25) is 4.79 Å². The Balaban J connectivity index is 2.41. The van der Waals surface area contributed by atoms with Crippen molar-refractivity contribution in [2.75, 3.05) is 12.8 Å². The fourth-order valence-corrected chi connectivity index (χ4v) is 1.79. The van der Waals surface area contributed by atoms with Gasteiger partial charge in [-0.15, -0.1) is 0 Å². The number of ether oxygens (including phenoxy) is 2. The van der Waals surface area contributed by atoms with Gasteiger partial charge in [-0.1, -0.05) is 6.07 Å². The Morgan fingerprint density at radius 3 is 2.57 bits per heavy atom. The molecule has 0 atom stereocenters. The van der Waals surface area contributed by atoms with Crippen molar-refractivity contribution in [1.82, 2.24) is 0 Å². The fraction of sp³-hybridized carbons (Fsp3) is 0.0667. The van der Waals surface area contributed by atoms with Crippen molar-refractivity contribution in [1.29, 1.82) is 5.26 Å². The Morgan fingerprint density at radius 1 is 1.24 bits per heavy atom. The molecule has 0 heterocycles. The third-order valence-corrected chi connectivity index (χ3v) is 2.80. The third kappa shape index (κ3) is 3.04. The van der Waals surface area contributed by atoms with E-state index in [0.29, 0.717) is 17.1 Å². The van der Waals surface area contributed by atoms with Crippen LogP contribution in [-0.2, 0) is 0 Å². The first-order chi connectivity index (χ1) is 10.0. The van der Waals surface area contributed by atoms with Gasteiger partial charge >= 0.3 is 0 Å². The van der Waals surface area contributed by atoms with Gasteiger partial charge in [0.25, 0.3) is 5.91 Å². The topological polar surface area (TPSA) is 111 Å². The molecule has 4 N–H and O–H groups in total. The Morgan fingerprint density at radius 2 is 1.95 bits per heavy atom. The third-order valence-electron chi connectivity index (χ3n) is 2.80. The standard InChI is InChI=1S/C15H13N3O3/c1-20-10-5-9(8-16)6-11(7-10)21-13-4-2-3-12(14(13)17)15(18)19/h2-7H,17H2,1H3,(H2,18,19). The van der Waals surface area contributed by atoms with E-state index < -0.39 is 5.91 Å². The summed E-state index contributed by atoms with van der Waals surface area (Å²) in [6, 6.07) is 11.5. The highest BCUT2D eigenvalue weighted by atomic mass is 16.5. The lowest BCUT2D eigenvalue weighted by atomic mass is 10.1. The van der Waals surface area contributed by atoms with Gasteiger partial charge in [0.1, 0.15) is 11.5 Å².